The average molecular weight is 358 g/mol. The number of nitrogens with one attached hydrogen (secondary N) is 2. The molecule has 2 N–H and O–H groups in total. The summed E-state index contributed by atoms with van der Waals surface area (Å²) in [5, 5.41) is 2.78. The molecule has 1 amide bonds. The average Bonchev–Trinajstić information content (AvgIpc) is 2.82. The van der Waals surface area contributed by atoms with Crippen LogP contribution in [-0.2, 0) is 26.7 Å². The number of amides is 1. The van der Waals surface area contributed by atoms with Gasteiger partial charge in [-0.05, 0) is 56.0 Å². The molecule has 0 bridgehead atoms. The smallest absolute Gasteiger partial charge is 0.240 e. The molecule has 2 aromatic carbocycles. The van der Waals surface area contributed by atoms with Gasteiger partial charge in [0.25, 0.3) is 0 Å². The van der Waals surface area contributed by atoms with E-state index in [-0.39, 0.29) is 10.8 Å². The number of carbonyl (C=O) groups excluding carboxylic acids is 1. The van der Waals surface area contributed by atoms with Crippen LogP contribution in [0.3, 0.4) is 0 Å². The highest BCUT2D eigenvalue weighted by atomic mass is 32.2. The summed E-state index contributed by atoms with van der Waals surface area (Å²) in [5.74, 6) is -0.118. The second-order valence-corrected chi connectivity index (χ2v) is 8.54. The van der Waals surface area contributed by atoms with Crippen LogP contribution >= 0.6 is 0 Å². The lowest BCUT2D eigenvalue weighted by Gasteiger charge is -2.16. The number of fused-ring (bicyclic) bond motifs is 1. The van der Waals surface area contributed by atoms with Crippen molar-refractivity contribution in [3.63, 3.8) is 0 Å². The summed E-state index contributed by atoms with van der Waals surface area (Å²) in [4.78, 5) is 12.2. The van der Waals surface area contributed by atoms with Gasteiger partial charge in [0, 0.05) is 12.2 Å². The van der Waals surface area contributed by atoms with Gasteiger partial charge in [-0.1, -0.05) is 30.3 Å². The lowest BCUT2D eigenvalue weighted by atomic mass is 9.86. The zero-order valence-corrected chi connectivity index (χ0v) is 15.2. The van der Waals surface area contributed by atoms with Crippen LogP contribution in [0.15, 0.2) is 53.4 Å². The molecule has 6 heteroatoms. The Hall–Kier alpha value is -2.18. The summed E-state index contributed by atoms with van der Waals surface area (Å²) in [7, 11) is -3.59. The van der Waals surface area contributed by atoms with E-state index in [1.165, 1.54) is 11.6 Å². The van der Waals surface area contributed by atoms with Gasteiger partial charge in [-0.2, -0.15) is 0 Å². The summed E-state index contributed by atoms with van der Waals surface area (Å²) < 4.78 is 27.7. The zero-order chi connectivity index (χ0) is 18.1. The summed E-state index contributed by atoms with van der Waals surface area (Å²) in [6, 6.07) is 14.7. The Morgan fingerprint density at radius 1 is 1.08 bits per heavy atom. The molecule has 0 atom stereocenters. The molecule has 25 heavy (non-hydrogen) atoms. The number of hydrogen-bond acceptors (Lipinski definition) is 3. The molecule has 0 radical (unpaired) electrons. The molecule has 0 aromatic heterocycles. The summed E-state index contributed by atoms with van der Waals surface area (Å²) in [6.07, 6.45) is 1.54. The van der Waals surface area contributed by atoms with Gasteiger partial charge in [-0.25, -0.2) is 13.1 Å². The Morgan fingerprint density at radius 2 is 1.80 bits per heavy atom. The highest BCUT2D eigenvalue weighted by Gasteiger charge is 2.39. The number of hydrogen-bond donors (Lipinski definition) is 2. The standard InChI is InChI=1S/C19H22N2O3S/c1-19(2)16-13-15(10-11-17(16)21-18(19)22)25(23,24)20-12-6-9-14-7-4-3-5-8-14/h3-5,7-8,10-11,13,20H,6,9,12H2,1-2H3,(H,21,22). The minimum absolute atomic E-state index is 0.118. The minimum atomic E-state index is -3.59. The quantitative estimate of drug-likeness (QED) is 0.780. The van der Waals surface area contributed by atoms with Gasteiger partial charge in [0.05, 0.1) is 10.3 Å². The van der Waals surface area contributed by atoms with Gasteiger partial charge in [0.2, 0.25) is 15.9 Å². The third-order valence-electron chi connectivity index (χ3n) is 4.57. The van der Waals surface area contributed by atoms with Crippen LogP contribution in [0.25, 0.3) is 0 Å². The molecule has 0 saturated heterocycles. The molecule has 0 saturated carbocycles. The van der Waals surface area contributed by atoms with Crippen LogP contribution < -0.4 is 10.0 Å². The Bertz CT molecular complexity index is 890. The number of aryl methyl sites for hydroxylation is 1. The first-order valence-electron chi connectivity index (χ1n) is 8.30. The van der Waals surface area contributed by atoms with Crippen molar-refractivity contribution in [1.82, 2.24) is 4.72 Å². The highest BCUT2D eigenvalue weighted by Crippen LogP contribution is 2.38. The molecule has 3 rings (SSSR count). The largest absolute Gasteiger partial charge is 0.325 e. The monoisotopic (exact) mass is 358 g/mol. The Morgan fingerprint density at radius 3 is 2.52 bits per heavy atom. The predicted molar refractivity (Wildman–Crippen MR) is 98.0 cm³/mol. The van der Waals surface area contributed by atoms with Crippen molar-refractivity contribution in [3.8, 4) is 0 Å². The van der Waals surface area contributed by atoms with E-state index in [4.69, 9.17) is 0 Å². The van der Waals surface area contributed by atoms with Crippen molar-refractivity contribution in [2.24, 2.45) is 0 Å². The van der Waals surface area contributed by atoms with Crippen molar-refractivity contribution in [3.05, 3.63) is 59.7 Å². The van der Waals surface area contributed by atoms with E-state index in [9.17, 15) is 13.2 Å². The predicted octanol–water partition coefficient (Wildman–Crippen LogP) is 2.83. The van der Waals surface area contributed by atoms with E-state index in [0.717, 1.165) is 12.8 Å². The molecular weight excluding hydrogens is 336 g/mol. The second kappa shape index (κ2) is 6.61. The molecule has 0 aliphatic carbocycles. The van der Waals surface area contributed by atoms with Gasteiger partial charge in [-0.3, -0.25) is 4.79 Å². The number of anilines is 1. The first kappa shape index (κ1) is 17.6. The molecule has 1 aliphatic heterocycles. The Kier molecular flexibility index (Phi) is 4.67. The molecule has 0 fully saturated rings. The fourth-order valence-electron chi connectivity index (χ4n) is 2.94. The minimum Gasteiger partial charge on any atom is -0.325 e. The molecule has 0 spiro atoms. The molecule has 2 aromatic rings. The fourth-order valence-corrected chi connectivity index (χ4v) is 4.04. The van der Waals surface area contributed by atoms with Gasteiger partial charge in [0.1, 0.15) is 0 Å². The van der Waals surface area contributed by atoms with Crippen molar-refractivity contribution in [1.29, 1.82) is 0 Å². The topological polar surface area (TPSA) is 75.3 Å². The SMILES string of the molecule is CC1(C)C(=O)Nc2ccc(S(=O)(=O)NCCCc3ccccc3)cc21. The fraction of sp³-hybridized carbons (Fsp3) is 0.316. The van der Waals surface area contributed by atoms with Gasteiger partial charge >= 0.3 is 0 Å². The third-order valence-corrected chi connectivity index (χ3v) is 6.03. The van der Waals surface area contributed by atoms with Crippen LogP contribution in [-0.4, -0.2) is 20.9 Å². The van der Waals surface area contributed by atoms with Crippen molar-refractivity contribution >= 4 is 21.6 Å². The van der Waals surface area contributed by atoms with Gasteiger partial charge in [0.15, 0.2) is 0 Å². The van der Waals surface area contributed by atoms with E-state index in [1.807, 2.05) is 30.3 Å². The van der Waals surface area contributed by atoms with E-state index in [0.29, 0.717) is 17.8 Å². The van der Waals surface area contributed by atoms with Crippen LogP contribution in [0.2, 0.25) is 0 Å². The van der Waals surface area contributed by atoms with Crippen LogP contribution in [0, 0.1) is 0 Å². The first-order chi connectivity index (χ1) is 11.8. The maximum atomic E-state index is 12.5. The van der Waals surface area contributed by atoms with Crippen molar-refractivity contribution in [2.45, 2.75) is 37.0 Å². The van der Waals surface area contributed by atoms with Crippen LogP contribution in [0.4, 0.5) is 5.69 Å². The van der Waals surface area contributed by atoms with Crippen molar-refractivity contribution in [2.75, 3.05) is 11.9 Å². The number of carbonyl (C=O) groups is 1. The van der Waals surface area contributed by atoms with Crippen LogP contribution in [0.5, 0.6) is 0 Å². The number of sulfonamides is 1. The van der Waals surface area contributed by atoms with E-state index < -0.39 is 15.4 Å². The maximum Gasteiger partial charge on any atom is 0.240 e. The number of benzene rings is 2. The van der Waals surface area contributed by atoms with E-state index >= 15 is 0 Å². The maximum absolute atomic E-state index is 12.5. The molecule has 1 heterocycles. The Balaban J connectivity index is 1.67. The lowest BCUT2D eigenvalue weighted by molar-refractivity contribution is -0.119. The first-order valence-corrected chi connectivity index (χ1v) is 9.78. The molecule has 5 nitrogen and oxygen atoms in total. The summed E-state index contributed by atoms with van der Waals surface area (Å²) in [6.45, 7) is 3.95. The third kappa shape index (κ3) is 3.60. The molecule has 1 aliphatic rings. The van der Waals surface area contributed by atoms with Crippen LogP contribution in [0.1, 0.15) is 31.4 Å². The normalized spacial score (nSPS) is 15.7. The van der Waals surface area contributed by atoms with Gasteiger partial charge in [-0.15, -0.1) is 0 Å². The molecular formula is C19H22N2O3S. The zero-order valence-electron chi connectivity index (χ0n) is 14.4. The van der Waals surface area contributed by atoms with E-state index in [2.05, 4.69) is 10.0 Å². The number of rotatable bonds is 6. The second-order valence-electron chi connectivity index (χ2n) is 6.77. The summed E-state index contributed by atoms with van der Waals surface area (Å²) in [5.41, 5.74) is 1.85. The Labute approximate surface area is 148 Å². The lowest BCUT2D eigenvalue weighted by Crippen LogP contribution is -2.28. The molecule has 132 valence electrons. The van der Waals surface area contributed by atoms with Gasteiger partial charge < -0.3 is 5.32 Å². The van der Waals surface area contributed by atoms with Crippen molar-refractivity contribution < 1.29 is 13.2 Å². The summed E-state index contributed by atoms with van der Waals surface area (Å²) >= 11 is 0. The highest BCUT2D eigenvalue weighted by molar-refractivity contribution is 7.89. The molecule has 0 unspecified atom stereocenters. The van der Waals surface area contributed by atoms with E-state index in [1.54, 1.807) is 26.0 Å².